The van der Waals surface area contributed by atoms with Crippen molar-refractivity contribution in [1.82, 2.24) is 4.98 Å². The maximum Gasteiger partial charge on any atom is 0.260 e. The zero-order chi connectivity index (χ0) is 19.8. The Morgan fingerprint density at radius 2 is 1.71 bits per heavy atom. The van der Waals surface area contributed by atoms with Gasteiger partial charge in [-0.25, -0.2) is 9.37 Å². The van der Waals surface area contributed by atoms with Crippen molar-refractivity contribution in [3.63, 3.8) is 0 Å². The van der Waals surface area contributed by atoms with Crippen molar-refractivity contribution in [2.45, 2.75) is 0 Å². The van der Waals surface area contributed by atoms with Gasteiger partial charge in [-0.3, -0.25) is 4.79 Å². The number of thiophene rings is 1. The smallest absolute Gasteiger partial charge is 0.260 e. The molecule has 28 heavy (non-hydrogen) atoms. The van der Waals surface area contributed by atoms with Crippen LogP contribution in [0.1, 0.15) is 9.67 Å². The summed E-state index contributed by atoms with van der Waals surface area (Å²) in [6.07, 6.45) is 0. The van der Waals surface area contributed by atoms with E-state index in [0.29, 0.717) is 21.6 Å². The van der Waals surface area contributed by atoms with Crippen LogP contribution in [-0.4, -0.2) is 18.0 Å². The molecule has 4 aromatic rings. The van der Waals surface area contributed by atoms with Crippen LogP contribution in [0, 0.1) is 5.82 Å². The molecule has 0 fully saturated rings. The molecule has 140 valence electrons. The number of hydrogen-bond acceptors (Lipinski definition) is 5. The van der Waals surface area contributed by atoms with Crippen molar-refractivity contribution >= 4 is 33.1 Å². The first-order valence-electron chi connectivity index (χ1n) is 8.41. The first-order chi connectivity index (χ1) is 13.5. The Kier molecular flexibility index (Phi) is 4.44. The van der Waals surface area contributed by atoms with E-state index >= 15 is 0 Å². The second-order valence-electron chi connectivity index (χ2n) is 6.18. The molecule has 4 N–H and O–H groups in total. The minimum absolute atomic E-state index is 0.272. The molecule has 0 aliphatic rings. The molecule has 0 aliphatic heterocycles. The predicted octanol–water partition coefficient (Wildman–Crippen LogP) is 4.46. The van der Waals surface area contributed by atoms with E-state index in [1.165, 1.54) is 12.1 Å². The fourth-order valence-corrected chi connectivity index (χ4v) is 4.04. The van der Waals surface area contributed by atoms with Crippen molar-refractivity contribution in [1.29, 1.82) is 0 Å². The molecule has 1 amide bonds. The lowest BCUT2D eigenvalue weighted by Crippen LogP contribution is -2.10. The number of amides is 1. The number of rotatable bonds is 4. The summed E-state index contributed by atoms with van der Waals surface area (Å²) in [7, 11) is 1.60. The number of aromatic nitrogens is 1. The van der Waals surface area contributed by atoms with E-state index in [2.05, 4.69) is 4.98 Å². The van der Waals surface area contributed by atoms with Gasteiger partial charge in [0.15, 0.2) is 0 Å². The number of pyridine rings is 1. The standard InChI is InChI=1S/C21H16FN3O2S/c1-27-14-8-4-11(5-9-14)15-10-16(12-2-6-13(22)7-3-12)25-21-17(15)18(23)19(28-21)20(24)26/h2-10H,23H2,1H3,(H2,24,26). The number of nitrogens with two attached hydrogens (primary N) is 2. The number of halogens is 1. The number of benzene rings is 2. The summed E-state index contributed by atoms with van der Waals surface area (Å²) in [6, 6.07) is 15.5. The van der Waals surface area contributed by atoms with Crippen LogP contribution in [0.25, 0.3) is 32.6 Å². The number of nitrogen functional groups attached to an aromatic ring is 1. The third-order valence-electron chi connectivity index (χ3n) is 4.46. The van der Waals surface area contributed by atoms with Gasteiger partial charge < -0.3 is 16.2 Å². The summed E-state index contributed by atoms with van der Waals surface area (Å²) < 4.78 is 18.5. The molecular weight excluding hydrogens is 377 g/mol. The first-order valence-corrected chi connectivity index (χ1v) is 9.22. The molecule has 7 heteroatoms. The van der Waals surface area contributed by atoms with Crippen molar-refractivity contribution < 1.29 is 13.9 Å². The number of primary amides is 1. The highest BCUT2D eigenvalue weighted by Crippen LogP contribution is 2.41. The van der Waals surface area contributed by atoms with Crippen LogP contribution in [0.15, 0.2) is 54.6 Å². The molecule has 0 atom stereocenters. The highest BCUT2D eigenvalue weighted by atomic mass is 32.1. The summed E-state index contributed by atoms with van der Waals surface area (Å²) in [6.45, 7) is 0. The maximum absolute atomic E-state index is 13.3. The molecule has 4 rings (SSSR count). The molecule has 2 aromatic heterocycles. The Hall–Kier alpha value is -3.45. The molecule has 5 nitrogen and oxygen atoms in total. The van der Waals surface area contributed by atoms with Gasteiger partial charge in [-0.1, -0.05) is 12.1 Å². The van der Waals surface area contributed by atoms with Crippen molar-refractivity contribution in [3.05, 3.63) is 65.3 Å². The lowest BCUT2D eigenvalue weighted by molar-refractivity contribution is 0.100. The van der Waals surface area contributed by atoms with Gasteiger partial charge in [-0.15, -0.1) is 11.3 Å². The lowest BCUT2D eigenvalue weighted by Gasteiger charge is -2.09. The van der Waals surface area contributed by atoms with Gasteiger partial charge in [-0.2, -0.15) is 0 Å². The van der Waals surface area contributed by atoms with Crippen LogP contribution in [0.4, 0.5) is 10.1 Å². The third kappa shape index (κ3) is 3.05. The Balaban J connectivity index is 2.00. The second-order valence-corrected chi connectivity index (χ2v) is 7.18. The van der Waals surface area contributed by atoms with Crippen molar-refractivity contribution in [2.24, 2.45) is 5.73 Å². The van der Waals surface area contributed by atoms with Crippen LogP contribution >= 0.6 is 11.3 Å². The highest BCUT2D eigenvalue weighted by molar-refractivity contribution is 7.21. The summed E-state index contributed by atoms with van der Waals surface area (Å²) in [4.78, 5) is 17.3. The van der Waals surface area contributed by atoms with Crippen LogP contribution in [0.2, 0.25) is 0 Å². The van der Waals surface area contributed by atoms with Crippen LogP contribution in [0.3, 0.4) is 0 Å². The summed E-state index contributed by atoms with van der Waals surface area (Å²) >= 11 is 1.15. The molecule has 2 heterocycles. The van der Waals surface area contributed by atoms with Crippen LogP contribution < -0.4 is 16.2 Å². The number of methoxy groups -OCH3 is 1. The average Bonchev–Trinajstić information content (AvgIpc) is 3.05. The summed E-state index contributed by atoms with van der Waals surface area (Å²) in [5, 5.41) is 0.676. The second kappa shape index (κ2) is 6.94. The number of hydrogen-bond donors (Lipinski definition) is 2. The summed E-state index contributed by atoms with van der Waals surface area (Å²) in [5.41, 5.74) is 15.1. The van der Waals surface area contributed by atoms with Crippen molar-refractivity contribution in [2.75, 3.05) is 12.8 Å². The van der Waals surface area contributed by atoms with E-state index in [-0.39, 0.29) is 10.7 Å². The van der Waals surface area contributed by atoms with E-state index in [9.17, 15) is 9.18 Å². The predicted molar refractivity (Wildman–Crippen MR) is 110 cm³/mol. The monoisotopic (exact) mass is 393 g/mol. The van der Waals surface area contributed by atoms with Gasteiger partial charge >= 0.3 is 0 Å². The first kappa shape index (κ1) is 17.9. The number of carbonyl (C=O) groups is 1. The molecule has 0 saturated heterocycles. The molecule has 2 aromatic carbocycles. The third-order valence-corrected chi connectivity index (χ3v) is 5.58. The topological polar surface area (TPSA) is 91.2 Å². The van der Waals surface area contributed by atoms with E-state index in [1.54, 1.807) is 19.2 Å². The molecule has 0 radical (unpaired) electrons. The van der Waals surface area contributed by atoms with E-state index < -0.39 is 5.91 Å². The highest BCUT2D eigenvalue weighted by Gasteiger charge is 2.20. The molecule has 0 spiro atoms. The zero-order valence-electron chi connectivity index (χ0n) is 14.9. The van der Waals surface area contributed by atoms with Gasteiger partial charge in [0.1, 0.15) is 21.3 Å². The normalized spacial score (nSPS) is 10.9. The molecule has 0 bridgehead atoms. The van der Waals surface area contributed by atoms with E-state index in [0.717, 1.165) is 33.8 Å². The van der Waals surface area contributed by atoms with Crippen LogP contribution in [-0.2, 0) is 0 Å². The number of nitrogens with zero attached hydrogens (tertiary/aromatic N) is 1. The lowest BCUT2D eigenvalue weighted by atomic mass is 9.99. The fourth-order valence-electron chi connectivity index (χ4n) is 3.07. The zero-order valence-corrected chi connectivity index (χ0v) is 15.7. The summed E-state index contributed by atoms with van der Waals surface area (Å²) in [5.74, 6) is -0.190. The van der Waals surface area contributed by atoms with Gasteiger partial charge in [0, 0.05) is 10.9 Å². The number of anilines is 1. The Morgan fingerprint density at radius 3 is 2.32 bits per heavy atom. The van der Waals surface area contributed by atoms with E-state index in [4.69, 9.17) is 16.2 Å². The number of carbonyl (C=O) groups excluding carboxylic acids is 1. The molecular formula is C21H16FN3O2S. The quantitative estimate of drug-likeness (QED) is 0.535. The minimum Gasteiger partial charge on any atom is -0.497 e. The molecule has 0 saturated carbocycles. The maximum atomic E-state index is 13.3. The average molecular weight is 393 g/mol. The number of ether oxygens (including phenoxy) is 1. The van der Waals surface area contributed by atoms with Gasteiger partial charge in [-0.05, 0) is 53.6 Å². The van der Waals surface area contributed by atoms with Gasteiger partial charge in [0.05, 0.1) is 18.5 Å². The largest absolute Gasteiger partial charge is 0.497 e. The van der Waals surface area contributed by atoms with E-state index in [1.807, 2.05) is 30.3 Å². The Labute approximate surface area is 164 Å². The van der Waals surface area contributed by atoms with Gasteiger partial charge in [0.2, 0.25) is 0 Å². The van der Waals surface area contributed by atoms with Crippen molar-refractivity contribution in [3.8, 4) is 28.1 Å². The molecule has 0 unspecified atom stereocenters. The van der Waals surface area contributed by atoms with Gasteiger partial charge in [0.25, 0.3) is 5.91 Å². The number of fused-ring (bicyclic) bond motifs is 1. The van der Waals surface area contributed by atoms with Crippen LogP contribution in [0.5, 0.6) is 5.75 Å². The molecule has 0 aliphatic carbocycles. The minimum atomic E-state index is -0.593. The Bertz CT molecular complexity index is 1190. The SMILES string of the molecule is COc1ccc(-c2cc(-c3ccc(F)cc3)nc3sc(C(N)=O)c(N)c23)cc1. The Morgan fingerprint density at radius 1 is 1.07 bits per heavy atom. The fraction of sp³-hybridized carbons (Fsp3) is 0.0476.